The third-order valence-corrected chi connectivity index (χ3v) is 5.40. The number of hydrogen-bond acceptors (Lipinski definition) is 4. The van der Waals surface area contributed by atoms with Crippen LogP contribution in [0.2, 0.25) is 0 Å². The molecule has 0 bridgehead atoms. The smallest absolute Gasteiger partial charge is 0.267 e. The summed E-state index contributed by atoms with van der Waals surface area (Å²) < 4.78 is 2.36. The molecule has 17 heavy (non-hydrogen) atoms. The Labute approximate surface area is 126 Å². The Morgan fingerprint density at radius 3 is 2.53 bits per heavy atom. The second kappa shape index (κ2) is 5.55. The van der Waals surface area contributed by atoms with Gasteiger partial charge in [0.2, 0.25) is 0 Å². The minimum absolute atomic E-state index is 0.210. The molecule has 0 radical (unpaired) electrons. The van der Waals surface area contributed by atoms with Gasteiger partial charge in [-0.25, -0.2) is 9.97 Å². The first-order chi connectivity index (χ1) is 8.06. The molecule has 0 fully saturated rings. The number of nitrogens with zero attached hydrogens (tertiary/aromatic N) is 2. The summed E-state index contributed by atoms with van der Waals surface area (Å²) >= 11 is 11.2. The number of carbonyl (C=O) groups is 1. The van der Waals surface area contributed by atoms with Crippen molar-refractivity contribution in [2.75, 3.05) is 5.32 Å². The number of rotatable bonds is 2. The fourth-order valence-corrected chi connectivity index (χ4v) is 3.15. The van der Waals surface area contributed by atoms with Crippen LogP contribution in [0.3, 0.4) is 0 Å². The summed E-state index contributed by atoms with van der Waals surface area (Å²) in [5, 5.41) is 2.66. The molecule has 8 heteroatoms. The number of anilines is 1. The lowest BCUT2D eigenvalue weighted by molar-refractivity contribution is 0.103. The van der Waals surface area contributed by atoms with Gasteiger partial charge in [0.05, 0.1) is 21.1 Å². The number of halogens is 3. The Hall–Kier alpha value is -0.310. The Morgan fingerprint density at radius 2 is 2.00 bits per heavy atom. The van der Waals surface area contributed by atoms with Crippen molar-refractivity contribution in [2.45, 2.75) is 0 Å². The van der Waals surface area contributed by atoms with Gasteiger partial charge < -0.3 is 5.32 Å². The largest absolute Gasteiger partial charge is 0.305 e. The van der Waals surface area contributed by atoms with Gasteiger partial charge >= 0.3 is 0 Å². The van der Waals surface area contributed by atoms with Gasteiger partial charge in [0.25, 0.3) is 5.91 Å². The zero-order chi connectivity index (χ0) is 12.4. The quantitative estimate of drug-likeness (QED) is 0.764. The van der Waals surface area contributed by atoms with E-state index >= 15 is 0 Å². The average molecular weight is 442 g/mol. The molecule has 0 atom stereocenters. The molecule has 2 aromatic heterocycles. The molecule has 0 aliphatic heterocycles. The first-order valence-corrected chi connectivity index (χ1v) is 7.49. The van der Waals surface area contributed by atoms with Gasteiger partial charge in [0.15, 0.2) is 5.82 Å². The fourth-order valence-electron chi connectivity index (χ4n) is 1.01. The molecule has 0 spiro atoms. The van der Waals surface area contributed by atoms with E-state index in [0.717, 1.165) is 8.26 Å². The topological polar surface area (TPSA) is 54.9 Å². The molecule has 1 N–H and O–H groups in total. The van der Waals surface area contributed by atoms with Crippen LogP contribution in [-0.4, -0.2) is 15.9 Å². The van der Waals surface area contributed by atoms with E-state index in [2.05, 4.69) is 63.1 Å². The van der Waals surface area contributed by atoms with Gasteiger partial charge in [-0.05, 0) is 53.9 Å². The molecule has 4 nitrogen and oxygen atoms in total. The molecule has 0 aliphatic rings. The normalized spacial score (nSPS) is 10.3. The summed E-state index contributed by atoms with van der Waals surface area (Å²) in [6, 6.07) is 1.75. The number of amides is 1. The summed E-state index contributed by atoms with van der Waals surface area (Å²) in [6.07, 6.45) is 3.01. The van der Waals surface area contributed by atoms with Crippen LogP contribution in [0.25, 0.3) is 0 Å². The molecular weight excluding hydrogens is 438 g/mol. The maximum Gasteiger partial charge on any atom is 0.267 e. The highest BCUT2D eigenvalue weighted by Crippen LogP contribution is 2.32. The number of aromatic nitrogens is 2. The van der Waals surface area contributed by atoms with Crippen LogP contribution < -0.4 is 5.32 Å². The molecule has 0 saturated heterocycles. The molecule has 0 unspecified atom stereocenters. The minimum atomic E-state index is -0.210. The average Bonchev–Trinajstić information content (AvgIpc) is 2.63. The van der Waals surface area contributed by atoms with Gasteiger partial charge in [-0.2, -0.15) is 0 Å². The summed E-state index contributed by atoms with van der Waals surface area (Å²) in [7, 11) is 0. The van der Waals surface area contributed by atoms with E-state index in [1.165, 1.54) is 23.7 Å². The van der Waals surface area contributed by atoms with E-state index < -0.39 is 0 Å². The molecular formula is C9H4Br3N3OS. The Bertz CT molecular complexity index is 536. The molecule has 2 rings (SSSR count). The summed E-state index contributed by atoms with van der Waals surface area (Å²) in [5.74, 6) is 0.205. The van der Waals surface area contributed by atoms with E-state index in [4.69, 9.17) is 0 Å². The van der Waals surface area contributed by atoms with Crippen LogP contribution in [-0.2, 0) is 0 Å². The number of thiophene rings is 1. The van der Waals surface area contributed by atoms with Crippen molar-refractivity contribution in [3.05, 3.63) is 36.2 Å². The Kier molecular flexibility index (Phi) is 4.29. The molecule has 88 valence electrons. The first-order valence-electron chi connectivity index (χ1n) is 4.30. The van der Waals surface area contributed by atoms with E-state index in [1.807, 2.05) is 0 Å². The van der Waals surface area contributed by atoms with Crippen molar-refractivity contribution in [3.8, 4) is 0 Å². The number of hydrogen-bond donors (Lipinski definition) is 1. The van der Waals surface area contributed by atoms with Crippen molar-refractivity contribution in [3.63, 3.8) is 0 Å². The summed E-state index contributed by atoms with van der Waals surface area (Å²) in [6.45, 7) is 0. The second-order valence-corrected chi connectivity index (χ2v) is 6.95. The van der Waals surface area contributed by atoms with Crippen LogP contribution >= 0.6 is 59.1 Å². The van der Waals surface area contributed by atoms with Gasteiger partial charge in [-0.3, -0.25) is 4.79 Å². The highest BCUT2D eigenvalue weighted by Gasteiger charge is 2.12. The van der Waals surface area contributed by atoms with Crippen LogP contribution in [0.1, 0.15) is 9.67 Å². The van der Waals surface area contributed by atoms with E-state index in [-0.39, 0.29) is 5.91 Å². The third-order valence-electron chi connectivity index (χ3n) is 1.73. The zero-order valence-corrected chi connectivity index (χ0v) is 13.7. The maximum absolute atomic E-state index is 11.8. The van der Waals surface area contributed by atoms with Crippen LogP contribution in [0.5, 0.6) is 0 Å². The van der Waals surface area contributed by atoms with E-state index in [9.17, 15) is 4.79 Å². The van der Waals surface area contributed by atoms with Crippen LogP contribution in [0.4, 0.5) is 5.82 Å². The maximum atomic E-state index is 11.8. The molecule has 2 aromatic rings. The molecule has 0 aliphatic carbocycles. The first kappa shape index (κ1) is 13.1. The lowest BCUT2D eigenvalue weighted by atomic mass is 10.4. The summed E-state index contributed by atoms with van der Waals surface area (Å²) in [4.78, 5) is 20.4. The van der Waals surface area contributed by atoms with Crippen molar-refractivity contribution in [1.82, 2.24) is 9.97 Å². The van der Waals surface area contributed by atoms with E-state index in [0.29, 0.717) is 15.3 Å². The standard InChI is InChI=1S/C9H4Br3N3OS/c10-4-1-5(17-8(4)12)9(16)15-7-3-13-6(11)2-14-7/h1-3H,(H,14,15,16). The lowest BCUT2D eigenvalue weighted by Gasteiger charge is -2.01. The van der Waals surface area contributed by atoms with Gasteiger partial charge in [0.1, 0.15) is 4.60 Å². The third kappa shape index (κ3) is 3.34. The zero-order valence-electron chi connectivity index (χ0n) is 8.08. The molecule has 1 amide bonds. The van der Waals surface area contributed by atoms with Crippen molar-refractivity contribution < 1.29 is 4.79 Å². The molecule has 0 saturated carbocycles. The molecule has 2 heterocycles. The SMILES string of the molecule is O=C(Nc1cnc(Br)cn1)c1cc(Br)c(Br)s1. The van der Waals surface area contributed by atoms with Gasteiger partial charge in [0, 0.05) is 4.47 Å². The second-order valence-electron chi connectivity index (χ2n) is 2.91. The van der Waals surface area contributed by atoms with Crippen LogP contribution in [0.15, 0.2) is 31.3 Å². The monoisotopic (exact) mass is 439 g/mol. The molecule has 0 aromatic carbocycles. The highest BCUT2D eigenvalue weighted by atomic mass is 79.9. The summed E-state index contributed by atoms with van der Waals surface area (Å²) in [5.41, 5.74) is 0. The predicted molar refractivity (Wildman–Crippen MR) is 77.4 cm³/mol. The van der Waals surface area contributed by atoms with Gasteiger partial charge in [-0.1, -0.05) is 0 Å². The fraction of sp³-hybridized carbons (Fsp3) is 0. The van der Waals surface area contributed by atoms with Crippen molar-refractivity contribution in [2.24, 2.45) is 0 Å². The Balaban J connectivity index is 2.14. The highest BCUT2D eigenvalue weighted by molar-refractivity contribution is 9.13. The minimum Gasteiger partial charge on any atom is -0.305 e. The number of nitrogens with one attached hydrogen (secondary N) is 1. The lowest BCUT2D eigenvalue weighted by Crippen LogP contribution is -2.11. The Morgan fingerprint density at radius 1 is 1.24 bits per heavy atom. The van der Waals surface area contributed by atoms with Crippen molar-refractivity contribution >= 4 is 70.9 Å². The van der Waals surface area contributed by atoms with E-state index in [1.54, 1.807) is 6.07 Å². The van der Waals surface area contributed by atoms with Gasteiger partial charge in [-0.15, -0.1) is 11.3 Å². The predicted octanol–water partition coefficient (Wildman–Crippen LogP) is 4.08. The van der Waals surface area contributed by atoms with Crippen molar-refractivity contribution in [1.29, 1.82) is 0 Å². The number of carbonyl (C=O) groups excluding carboxylic acids is 1. The van der Waals surface area contributed by atoms with Crippen LogP contribution in [0, 0.1) is 0 Å².